The maximum absolute atomic E-state index is 5.65. The summed E-state index contributed by atoms with van der Waals surface area (Å²) < 4.78 is 5.46. The van der Waals surface area contributed by atoms with Gasteiger partial charge in [-0.25, -0.2) is 0 Å². The van der Waals surface area contributed by atoms with Gasteiger partial charge in [0.2, 0.25) is 0 Å². The first-order chi connectivity index (χ1) is 8.71. The van der Waals surface area contributed by atoms with Crippen LogP contribution in [0.15, 0.2) is 0 Å². The van der Waals surface area contributed by atoms with Crippen molar-refractivity contribution in [2.24, 2.45) is 11.7 Å². The zero-order valence-electron chi connectivity index (χ0n) is 12.5. The lowest BCUT2D eigenvalue weighted by Gasteiger charge is -2.37. The van der Waals surface area contributed by atoms with E-state index in [0.717, 1.165) is 12.5 Å². The molecule has 2 N–H and O–H groups in total. The fourth-order valence-electron chi connectivity index (χ4n) is 3.10. The number of piperidine rings is 1. The highest BCUT2D eigenvalue weighted by atomic mass is 16.5. The zero-order valence-corrected chi connectivity index (χ0v) is 12.5. The van der Waals surface area contributed by atoms with Crippen molar-refractivity contribution in [2.75, 3.05) is 26.7 Å². The van der Waals surface area contributed by atoms with Crippen LogP contribution in [-0.4, -0.2) is 43.8 Å². The Balaban J connectivity index is 2.19. The van der Waals surface area contributed by atoms with Gasteiger partial charge in [-0.15, -0.1) is 0 Å². The molecule has 1 fully saturated rings. The van der Waals surface area contributed by atoms with E-state index in [2.05, 4.69) is 18.7 Å². The summed E-state index contributed by atoms with van der Waals surface area (Å²) in [5.41, 5.74) is 5.65. The molecule has 0 aromatic heterocycles. The van der Waals surface area contributed by atoms with Gasteiger partial charge in [-0.3, -0.25) is 0 Å². The molecule has 0 radical (unpaired) electrons. The quantitative estimate of drug-likeness (QED) is 0.725. The van der Waals surface area contributed by atoms with E-state index in [1.54, 1.807) is 0 Å². The summed E-state index contributed by atoms with van der Waals surface area (Å²) in [6, 6.07) is 0.679. The summed E-state index contributed by atoms with van der Waals surface area (Å²) in [7, 11) is 1.84. The summed E-state index contributed by atoms with van der Waals surface area (Å²) in [5.74, 6) is 0.835. The van der Waals surface area contributed by atoms with Gasteiger partial charge in [0.1, 0.15) is 0 Å². The number of nitrogens with two attached hydrogens (primary N) is 1. The standard InChI is InChI=1S/C15H32N2O/c1-4-14(7-9-16)6-5-10-17-11-8-15(18-3)12-13(17)2/h13-15H,4-12,16H2,1-3H3. The van der Waals surface area contributed by atoms with Crippen LogP contribution in [0.4, 0.5) is 0 Å². The van der Waals surface area contributed by atoms with Crippen molar-refractivity contribution in [1.82, 2.24) is 4.90 Å². The highest BCUT2D eigenvalue weighted by Gasteiger charge is 2.24. The van der Waals surface area contributed by atoms with Crippen LogP contribution in [-0.2, 0) is 4.74 Å². The number of hydrogen-bond acceptors (Lipinski definition) is 3. The molecule has 1 aliphatic heterocycles. The predicted octanol–water partition coefficient (Wildman–Crippen LogP) is 2.64. The third-order valence-electron chi connectivity index (χ3n) is 4.51. The fraction of sp³-hybridized carbons (Fsp3) is 1.00. The molecular weight excluding hydrogens is 224 g/mol. The summed E-state index contributed by atoms with van der Waals surface area (Å²) >= 11 is 0. The Bertz CT molecular complexity index is 211. The second-order valence-corrected chi connectivity index (χ2v) is 5.76. The average molecular weight is 256 g/mol. The first-order valence-corrected chi connectivity index (χ1v) is 7.68. The number of nitrogens with zero attached hydrogens (tertiary/aromatic N) is 1. The molecular formula is C15H32N2O. The van der Waals surface area contributed by atoms with Crippen LogP contribution in [0.1, 0.15) is 52.4 Å². The van der Waals surface area contributed by atoms with E-state index < -0.39 is 0 Å². The first kappa shape index (κ1) is 15.9. The van der Waals surface area contributed by atoms with E-state index in [0.29, 0.717) is 12.1 Å². The number of ether oxygens (including phenoxy) is 1. The molecule has 0 aromatic rings. The van der Waals surface area contributed by atoms with E-state index in [1.165, 1.54) is 51.6 Å². The van der Waals surface area contributed by atoms with E-state index in [4.69, 9.17) is 10.5 Å². The number of methoxy groups -OCH3 is 1. The SMILES string of the molecule is CCC(CCN)CCCN1CCC(OC)CC1C. The van der Waals surface area contributed by atoms with Crippen LogP contribution in [0.2, 0.25) is 0 Å². The highest BCUT2D eigenvalue weighted by molar-refractivity contribution is 4.79. The zero-order chi connectivity index (χ0) is 13.4. The minimum Gasteiger partial charge on any atom is -0.381 e. The Kier molecular flexibility index (Phi) is 7.87. The van der Waals surface area contributed by atoms with Crippen LogP contribution in [0.3, 0.4) is 0 Å². The smallest absolute Gasteiger partial charge is 0.0598 e. The van der Waals surface area contributed by atoms with Crippen LogP contribution in [0.25, 0.3) is 0 Å². The van der Waals surface area contributed by atoms with Gasteiger partial charge in [0, 0.05) is 19.7 Å². The molecule has 3 nitrogen and oxygen atoms in total. The Labute approximate surface area is 113 Å². The second kappa shape index (κ2) is 8.89. The molecule has 0 aromatic carbocycles. The predicted molar refractivity (Wildman–Crippen MR) is 77.8 cm³/mol. The molecule has 18 heavy (non-hydrogen) atoms. The van der Waals surface area contributed by atoms with Gasteiger partial charge in [-0.05, 0) is 58.0 Å². The van der Waals surface area contributed by atoms with Crippen LogP contribution in [0.5, 0.6) is 0 Å². The van der Waals surface area contributed by atoms with Crippen molar-refractivity contribution >= 4 is 0 Å². The maximum Gasteiger partial charge on any atom is 0.0598 e. The summed E-state index contributed by atoms with van der Waals surface area (Å²) in [6.07, 6.45) is 8.00. The third-order valence-corrected chi connectivity index (χ3v) is 4.51. The van der Waals surface area contributed by atoms with E-state index in [1.807, 2.05) is 7.11 Å². The maximum atomic E-state index is 5.65. The molecule has 0 bridgehead atoms. The second-order valence-electron chi connectivity index (χ2n) is 5.76. The van der Waals surface area contributed by atoms with Gasteiger partial charge in [-0.1, -0.05) is 13.3 Å². The van der Waals surface area contributed by atoms with Crippen LogP contribution < -0.4 is 5.73 Å². The molecule has 0 spiro atoms. The lowest BCUT2D eigenvalue weighted by Crippen LogP contribution is -2.43. The molecule has 0 amide bonds. The van der Waals surface area contributed by atoms with E-state index >= 15 is 0 Å². The van der Waals surface area contributed by atoms with Crippen molar-refractivity contribution in [3.63, 3.8) is 0 Å². The summed E-state index contributed by atoms with van der Waals surface area (Å²) in [5, 5.41) is 0. The highest BCUT2D eigenvalue weighted by Crippen LogP contribution is 2.21. The summed E-state index contributed by atoms with van der Waals surface area (Å²) in [4.78, 5) is 2.63. The molecule has 1 rings (SSSR count). The largest absolute Gasteiger partial charge is 0.381 e. The Morgan fingerprint density at radius 1 is 1.39 bits per heavy atom. The van der Waals surface area contributed by atoms with E-state index in [9.17, 15) is 0 Å². The average Bonchev–Trinajstić information content (AvgIpc) is 2.39. The van der Waals surface area contributed by atoms with Crippen molar-refractivity contribution in [3.8, 4) is 0 Å². The Hall–Kier alpha value is -0.120. The number of likely N-dealkylation sites (tertiary alicyclic amines) is 1. The lowest BCUT2D eigenvalue weighted by molar-refractivity contribution is 0.0151. The molecule has 3 heteroatoms. The number of rotatable bonds is 8. The monoisotopic (exact) mass is 256 g/mol. The first-order valence-electron chi connectivity index (χ1n) is 7.68. The van der Waals surface area contributed by atoms with E-state index in [-0.39, 0.29) is 0 Å². The van der Waals surface area contributed by atoms with Crippen molar-refractivity contribution < 1.29 is 4.74 Å². The summed E-state index contributed by atoms with van der Waals surface area (Å²) in [6.45, 7) is 7.91. The van der Waals surface area contributed by atoms with Gasteiger partial charge in [0.05, 0.1) is 6.10 Å². The Morgan fingerprint density at radius 2 is 2.17 bits per heavy atom. The Morgan fingerprint density at radius 3 is 2.72 bits per heavy atom. The van der Waals surface area contributed by atoms with Crippen molar-refractivity contribution in [3.05, 3.63) is 0 Å². The third kappa shape index (κ3) is 5.25. The van der Waals surface area contributed by atoms with Gasteiger partial charge >= 0.3 is 0 Å². The molecule has 108 valence electrons. The molecule has 3 atom stereocenters. The van der Waals surface area contributed by atoms with Gasteiger partial charge in [0.15, 0.2) is 0 Å². The van der Waals surface area contributed by atoms with Gasteiger partial charge < -0.3 is 15.4 Å². The molecule has 3 unspecified atom stereocenters. The minimum absolute atomic E-state index is 0.483. The van der Waals surface area contributed by atoms with Gasteiger partial charge in [-0.2, -0.15) is 0 Å². The van der Waals surface area contributed by atoms with Crippen LogP contribution in [0, 0.1) is 5.92 Å². The topological polar surface area (TPSA) is 38.5 Å². The molecule has 0 saturated carbocycles. The molecule has 1 aliphatic rings. The van der Waals surface area contributed by atoms with Crippen LogP contribution >= 0.6 is 0 Å². The molecule has 0 aliphatic carbocycles. The van der Waals surface area contributed by atoms with Crippen molar-refractivity contribution in [1.29, 1.82) is 0 Å². The lowest BCUT2D eigenvalue weighted by atomic mass is 9.95. The number of hydrogen-bond donors (Lipinski definition) is 1. The fourth-order valence-corrected chi connectivity index (χ4v) is 3.10. The molecule has 1 saturated heterocycles. The normalized spacial score (nSPS) is 27.3. The van der Waals surface area contributed by atoms with Crippen molar-refractivity contribution in [2.45, 2.75) is 64.5 Å². The van der Waals surface area contributed by atoms with Gasteiger partial charge in [0.25, 0.3) is 0 Å². The molecule has 1 heterocycles. The minimum atomic E-state index is 0.483.